The number of para-hydroxylation sites is 1. The fraction of sp³-hybridized carbons (Fsp3) is 0.316. The summed E-state index contributed by atoms with van der Waals surface area (Å²) in [5, 5.41) is 8.68. The molecule has 4 heteroatoms. The van der Waals surface area contributed by atoms with Crippen LogP contribution in [0.3, 0.4) is 0 Å². The fourth-order valence-corrected chi connectivity index (χ4v) is 3.17. The minimum absolute atomic E-state index is 0.336. The van der Waals surface area contributed by atoms with E-state index in [0.717, 1.165) is 53.8 Å². The number of nitrogens with zero attached hydrogens (tertiary/aromatic N) is 2. The van der Waals surface area contributed by atoms with Crippen molar-refractivity contribution >= 4 is 10.9 Å². The van der Waals surface area contributed by atoms with Gasteiger partial charge >= 0.3 is 0 Å². The van der Waals surface area contributed by atoms with Gasteiger partial charge in [0.05, 0.1) is 11.2 Å². The lowest BCUT2D eigenvalue weighted by molar-refractivity contribution is 0.114. The van der Waals surface area contributed by atoms with Gasteiger partial charge in [-0.3, -0.25) is 5.10 Å². The van der Waals surface area contributed by atoms with E-state index in [1.54, 1.807) is 0 Å². The lowest BCUT2D eigenvalue weighted by Gasteiger charge is -2.29. The first-order valence-corrected chi connectivity index (χ1v) is 8.18. The number of H-pyrrole nitrogens is 1. The number of rotatable bonds is 3. The molecule has 1 aliphatic rings. The van der Waals surface area contributed by atoms with Crippen LogP contribution in [-0.4, -0.2) is 41.3 Å². The smallest absolute Gasteiger partial charge is 0.119 e. The second-order valence-electron chi connectivity index (χ2n) is 6.26. The van der Waals surface area contributed by atoms with Crippen molar-refractivity contribution in [3.8, 4) is 17.0 Å². The number of ether oxygens (including phenoxy) is 1. The van der Waals surface area contributed by atoms with Gasteiger partial charge in [-0.15, -0.1) is 0 Å². The van der Waals surface area contributed by atoms with Crippen molar-refractivity contribution in [2.45, 2.75) is 18.9 Å². The number of nitrogens with one attached hydrogen (secondary N) is 1. The largest absolute Gasteiger partial charge is 0.490 e. The zero-order chi connectivity index (χ0) is 15.6. The fourth-order valence-electron chi connectivity index (χ4n) is 3.17. The summed E-state index contributed by atoms with van der Waals surface area (Å²) in [5.74, 6) is 0.947. The maximum atomic E-state index is 6.11. The van der Waals surface area contributed by atoms with Crippen molar-refractivity contribution in [1.29, 1.82) is 0 Å². The van der Waals surface area contributed by atoms with Crippen LogP contribution in [0.1, 0.15) is 12.8 Å². The maximum Gasteiger partial charge on any atom is 0.119 e. The van der Waals surface area contributed by atoms with Crippen molar-refractivity contribution in [3.05, 3.63) is 48.5 Å². The molecule has 0 saturated carbocycles. The van der Waals surface area contributed by atoms with Gasteiger partial charge < -0.3 is 9.64 Å². The Morgan fingerprint density at radius 2 is 1.78 bits per heavy atom. The van der Waals surface area contributed by atoms with Gasteiger partial charge in [0.1, 0.15) is 11.9 Å². The molecule has 3 aromatic rings. The van der Waals surface area contributed by atoms with Gasteiger partial charge in [0.2, 0.25) is 0 Å². The molecule has 1 fully saturated rings. The van der Waals surface area contributed by atoms with Gasteiger partial charge in [-0.2, -0.15) is 5.10 Å². The predicted molar refractivity (Wildman–Crippen MR) is 92.7 cm³/mol. The van der Waals surface area contributed by atoms with Crippen LogP contribution >= 0.6 is 0 Å². The highest BCUT2D eigenvalue weighted by molar-refractivity contribution is 5.92. The van der Waals surface area contributed by atoms with Crippen LogP contribution in [-0.2, 0) is 0 Å². The van der Waals surface area contributed by atoms with E-state index in [1.165, 1.54) is 0 Å². The van der Waals surface area contributed by atoms with Crippen molar-refractivity contribution in [1.82, 2.24) is 15.1 Å². The zero-order valence-electron chi connectivity index (χ0n) is 13.3. The molecule has 0 aliphatic carbocycles. The number of hydrogen-bond acceptors (Lipinski definition) is 3. The molecule has 0 radical (unpaired) electrons. The normalized spacial score (nSPS) is 16.7. The Labute approximate surface area is 136 Å². The molecule has 4 nitrogen and oxygen atoms in total. The van der Waals surface area contributed by atoms with E-state index in [9.17, 15) is 0 Å². The number of benzene rings is 2. The summed E-state index contributed by atoms with van der Waals surface area (Å²) in [6.45, 7) is 2.23. The summed E-state index contributed by atoms with van der Waals surface area (Å²) in [7, 11) is 2.17. The molecule has 0 amide bonds. The maximum absolute atomic E-state index is 6.11. The third kappa shape index (κ3) is 2.94. The molecule has 1 saturated heterocycles. The Bertz CT molecular complexity index is 786. The molecule has 118 valence electrons. The van der Waals surface area contributed by atoms with Crippen LogP contribution in [0.15, 0.2) is 48.5 Å². The minimum Gasteiger partial charge on any atom is -0.490 e. The topological polar surface area (TPSA) is 41.1 Å². The number of hydrogen-bond donors (Lipinski definition) is 1. The molecule has 0 spiro atoms. The third-order valence-electron chi connectivity index (χ3n) is 4.57. The van der Waals surface area contributed by atoms with Crippen LogP contribution < -0.4 is 4.74 Å². The summed E-state index contributed by atoms with van der Waals surface area (Å²) in [6, 6.07) is 16.5. The summed E-state index contributed by atoms with van der Waals surface area (Å²) in [5.41, 5.74) is 3.17. The Balaban J connectivity index is 1.52. The van der Waals surface area contributed by atoms with Crippen molar-refractivity contribution in [2.24, 2.45) is 0 Å². The molecule has 0 unspecified atom stereocenters. The standard InChI is InChI=1S/C19H21N3O/c1-22-12-10-16(11-13-22)23-15-8-6-14(7-9-15)19-17-4-2-3-5-18(17)20-21-19/h2-9,16H,10-13H2,1H3,(H,20,21). The third-order valence-corrected chi connectivity index (χ3v) is 4.57. The van der Waals surface area contributed by atoms with E-state index in [0.29, 0.717) is 6.10 Å². The Morgan fingerprint density at radius 3 is 2.57 bits per heavy atom. The zero-order valence-corrected chi connectivity index (χ0v) is 13.3. The van der Waals surface area contributed by atoms with Crippen molar-refractivity contribution < 1.29 is 4.74 Å². The average Bonchev–Trinajstić information content (AvgIpc) is 3.02. The van der Waals surface area contributed by atoms with Crippen LogP contribution in [0.25, 0.3) is 22.2 Å². The van der Waals surface area contributed by atoms with Gasteiger partial charge in [-0.05, 0) is 50.2 Å². The number of fused-ring (bicyclic) bond motifs is 1. The van der Waals surface area contributed by atoms with Crippen LogP contribution in [0, 0.1) is 0 Å². The van der Waals surface area contributed by atoms with Crippen molar-refractivity contribution in [3.63, 3.8) is 0 Å². The highest BCUT2D eigenvalue weighted by Crippen LogP contribution is 2.28. The quantitative estimate of drug-likeness (QED) is 0.802. The second-order valence-corrected chi connectivity index (χ2v) is 6.26. The van der Waals surface area contributed by atoms with E-state index in [4.69, 9.17) is 4.74 Å². The second kappa shape index (κ2) is 6.05. The summed E-state index contributed by atoms with van der Waals surface area (Å²) in [4.78, 5) is 2.35. The molecule has 23 heavy (non-hydrogen) atoms. The van der Waals surface area contributed by atoms with Gasteiger partial charge in [-0.25, -0.2) is 0 Å². The molecule has 1 aliphatic heterocycles. The Morgan fingerprint density at radius 1 is 1.04 bits per heavy atom. The molecule has 0 atom stereocenters. The van der Waals surface area contributed by atoms with Crippen LogP contribution in [0.4, 0.5) is 0 Å². The highest BCUT2D eigenvalue weighted by Gasteiger charge is 2.18. The van der Waals surface area contributed by atoms with Crippen LogP contribution in [0.5, 0.6) is 5.75 Å². The van der Waals surface area contributed by atoms with E-state index < -0.39 is 0 Å². The average molecular weight is 307 g/mol. The van der Waals surface area contributed by atoms with E-state index in [1.807, 2.05) is 18.2 Å². The molecule has 1 aromatic heterocycles. The molecule has 0 bridgehead atoms. The number of likely N-dealkylation sites (tertiary alicyclic amines) is 1. The van der Waals surface area contributed by atoms with E-state index in [2.05, 4.69) is 52.5 Å². The van der Waals surface area contributed by atoms with E-state index >= 15 is 0 Å². The minimum atomic E-state index is 0.336. The van der Waals surface area contributed by atoms with Gasteiger partial charge in [0, 0.05) is 24.0 Å². The van der Waals surface area contributed by atoms with Gasteiger partial charge in [0.25, 0.3) is 0 Å². The lowest BCUT2D eigenvalue weighted by Crippen LogP contribution is -2.35. The van der Waals surface area contributed by atoms with Crippen molar-refractivity contribution in [2.75, 3.05) is 20.1 Å². The number of piperidine rings is 1. The summed E-state index contributed by atoms with van der Waals surface area (Å²) >= 11 is 0. The summed E-state index contributed by atoms with van der Waals surface area (Å²) in [6.07, 6.45) is 2.54. The summed E-state index contributed by atoms with van der Waals surface area (Å²) < 4.78 is 6.11. The number of aromatic nitrogens is 2. The first-order chi connectivity index (χ1) is 11.3. The molecular formula is C19H21N3O. The Kier molecular flexibility index (Phi) is 3.75. The molecule has 2 aromatic carbocycles. The van der Waals surface area contributed by atoms with Gasteiger partial charge in [0.15, 0.2) is 0 Å². The monoisotopic (exact) mass is 307 g/mol. The van der Waals surface area contributed by atoms with Gasteiger partial charge in [-0.1, -0.05) is 18.2 Å². The lowest BCUT2D eigenvalue weighted by atomic mass is 10.1. The molecular weight excluding hydrogens is 286 g/mol. The predicted octanol–water partition coefficient (Wildman–Crippen LogP) is 3.70. The van der Waals surface area contributed by atoms with Crippen LogP contribution in [0.2, 0.25) is 0 Å². The SMILES string of the molecule is CN1CCC(Oc2ccc(-c3n[nH]c4ccccc34)cc2)CC1. The molecule has 2 heterocycles. The molecule has 4 rings (SSSR count). The van der Waals surface area contributed by atoms with E-state index in [-0.39, 0.29) is 0 Å². The first kappa shape index (κ1) is 14.3. The Hall–Kier alpha value is -2.33. The number of aromatic amines is 1. The first-order valence-electron chi connectivity index (χ1n) is 8.18. The highest BCUT2D eigenvalue weighted by atomic mass is 16.5. The molecule has 1 N–H and O–H groups in total.